The highest BCUT2D eigenvalue weighted by Gasteiger charge is 2.46. The van der Waals surface area contributed by atoms with Gasteiger partial charge in [-0.15, -0.1) is 0 Å². The zero-order chi connectivity index (χ0) is 32.0. The SMILES string of the molecule is CCN(CC)c1ccc(C2(C=C(c3cn(CC)c4ccccc34)c3c(C)n(CC)c4ccccc34)OC(=O)c3ccccc32)cc1. The number of carbonyl (C=O) groups excluding carboxylic acids is 1. The van der Waals surface area contributed by atoms with E-state index in [0.717, 1.165) is 59.7 Å². The number of aromatic nitrogens is 2. The van der Waals surface area contributed by atoms with E-state index >= 15 is 0 Å². The van der Waals surface area contributed by atoms with Crippen LogP contribution in [0.3, 0.4) is 0 Å². The fraction of sp³-hybridized carbons (Fsp3) is 0.244. The van der Waals surface area contributed by atoms with E-state index in [2.05, 4.69) is 134 Å². The molecule has 6 aromatic rings. The molecule has 0 saturated carbocycles. The van der Waals surface area contributed by atoms with Gasteiger partial charge in [-0.1, -0.05) is 66.7 Å². The first-order chi connectivity index (χ1) is 22.4. The van der Waals surface area contributed by atoms with E-state index in [0.29, 0.717) is 5.56 Å². The molecule has 0 bridgehead atoms. The maximum absolute atomic E-state index is 13.7. The summed E-state index contributed by atoms with van der Waals surface area (Å²) in [7, 11) is 0. The fourth-order valence-electron chi connectivity index (χ4n) is 7.54. The Morgan fingerprint density at radius 1 is 0.783 bits per heavy atom. The second-order valence-corrected chi connectivity index (χ2v) is 12.0. The predicted octanol–water partition coefficient (Wildman–Crippen LogP) is 9.34. The van der Waals surface area contributed by atoms with Gasteiger partial charge in [-0.25, -0.2) is 4.79 Å². The van der Waals surface area contributed by atoms with Crippen LogP contribution in [-0.2, 0) is 23.4 Å². The zero-order valence-corrected chi connectivity index (χ0v) is 27.4. The number of aryl methyl sites for hydroxylation is 2. The van der Waals surface area contributed by atoms with E-state index in [9.17, 15) is 4.79 Å². The average Bonchev–Trinajstić information content (AvgIpc) is 3.71. The van der Waals surface area contributed by atoms with Crippen LogP contribution in [0.15, 0.2) is 109 Å². The van der Waals surface area contributed by atoms with Crippen LogP contribution in [0.5, 0.6) is 0 Å². The van der Waals surface area contributed by atoms with Crippen molar-refractivity contribution in [2.45, 2.75) is 53.3 Å². The van der Waals surface area contributed by atoms with Crippen molar-refractivity contribution in [3.8, 4) is 0 Å². The molecule has 0 radical (unpaired) electrons. The summed E-state index contributed by atoms with van der Waals surface area (Å²) in [6.07, 6.45) is 4.51. The molecule has 46 heavy (non-hydrogen) atoms. The Morgan fingerprint density at radius 2 is 1.43 bits per heavy atom. The largest absolute Gasteiger partial charge is 0.441 e. The Morgan fingerprint density at radius 3 is 2.13 bits per heavy atom. The summed E-state index contributed by atoms with van der Waals surface area (Å²) in [4.78, 5) is 16.0. The first kappa shape index (κ1) is 29.7. The standard InChI is InChI=1S/C41H41N3O2/c1-6-42(7-2)30-24-22-29(23-25-30)41(36-19-13-10-17-32(36)40(45)46-41)26-34(35-27-43(8-3)37-20-14-11-16-31(35)37)39-28(5)44(9-4)38-21-15-12-18-33(38)39/h10-27H,6-9H2,1-5H3. The lowest BCUT2D eigenvalue weighted by atomic mass is 9.81. The number of para-hydroxylation sites is 2. The molecule has 1 unspecified atom stereocenters. The molecule has 1 atom stereocenters. The molecule has 5 heteroatoms. The van der Waals surface area contributed by atoms with E-state index in [1.54, 1.807) is 0 Å². The maximum Gasteiger partial charge on any atom is 0.340 e. The quantitative estimate of drug-likeness (QED) is 0.154. The van der Waals surface area contributed by atoms with Crippen molar-refractivity contribution in [3.05, 3.63) is 143 Å². The summed E-state index contributed by atoms with van der Waals surface area (Å²) >= 11 is 0. The molecule has 1 aliphatic heterocycles. The number of rotatable bonds is 9. The number of hydrogen-bond donors (Lipinski definition) is 0. The molecule has 0 spiro atoms. The molecular formula is C41H41N3O2. The highest BCUT2D eigenvalue weighted by Crippen LogP contribution is 2.48. The van der Waals surface area contributed by atoms with Gasteiger partial charge in [-0.3, -0.25) is 0 Å². The van der Waals surface area contributed by atoms with Crippen LogP contribution >= 0.6 is 0 Å². The third kappa shape index (κ3) is 4.48. The Hall–Kier alpha value is -5.03. The van der Waals surface area contributed by atoms with Crippen LogP contribution in [0, 0.1) is 6.92 Å². The van der Waals surface area contributed by atoms with Gasteiger partial charge in [0.2, 0.25) is 0 Å². The molecule has 2 aromatic heterocycles. The highest BCUT2D eigenvalue weighted by atomic mass is 16.6. The van der Waals surface area contributed by atoms with Crippen molar-refractivity contribution in [2.24, 2.45) is 0 Å². The summed E-state index contributed by atoms with van der Waals surface area (Å²) in [5, 5.41) is 2.36. The summed E-state index contributed by atoms with van der Waals surface area (Å²) in [5.74, 6) is -0.303. The maximum atomic E-state index is 13.7. The van der Waals surface area contributed by atoms with E-state index in [-0.39, 0.29) is 5.97 Å². The van der Waals surface area contributed by atoms with Crippen LogP contribution < -0.4 is 4.90 Å². The van der Waals surface area contributed by atoms with Crippen LogP contribution in [0.1, 0.15) is 66.0 Å². The van der Waals surface area contributed by atoms with Crippen LogP contribution in [0.25, 0.3) is 27.4 Å². The molecular weight excluding hydrogens is 566 g/mol. The molecule has 4 aromatic carbocycles. The van der Waals surface area contributed by atoms with Crippen molar-refractivity contribution in [1.82, 2.24) is 9.13 Å². The molecule has 232 valence electrons. The van der Waals surface area contributed by atoms with Crippen molar-refractivity contribution < 1.29 is 9.53 Å². The minimum absolute atomic E-state index is 0.303. The molecule has 0 amide bonds. The minimum atomic E-state index is -1.12. The first-order valence-electron chi connectivity index (χ1n) is 16.5. The van der Waals surface area contributed by atoms with E-state index in [1.165, 1.54) is 27.5 Å². The summed E-state index contributed by atoms with van der Waals surface area (Å²) in [6, 6.07) is 33.7. The van der Waals surface area contributed by atoms with E-state index in [4.69, 9.17) is 4.74 Å². The van der Waals surface area contributed by atoms with E-state index in [1.807, 2.05) is 24.3 Å². The second kappa shape index (κ2) is 11.7. The normalized spacial score (nSPS) is 16.3. The van der Waals surface area contributed by atoms with Gasteiger partial charge in [-0.05, 0) is 76.6 Å². The van der Waals surface area contributed by atoms with Gasteiger partial charge in [0, 0.05) is 87.8 Å². The van der Waals surface area contributed by atoms with Gasteiger partial charge < -0.3 is 18.8 Å². The van der Waals surface area contributed by atoms with Gasteiger partial charge >= 0.3 is 5.97 Å². The number of cyclic esters (lactones) is 1. The van der Waals surface area contributed by atoms with Crippen LogP contribution in [0.4, 0.5) is 5.69 Å². The number of fused-ring (bicyclic) bond motifs is 3. The molecule has 1 aliphatic rings. The number of esters is 1. The Labute approximate surface area is 271 Å². The Kier molecular flexibility index (Phi) is 7.56. The third-order valence-corrected chi connectivity index (χ3v) is 9.81. The monoisotopic (exact) mass is 607 g/mol. The lowest BCUT2D eigenvalue weighted by molar-refractivity contribution is 0.0276. The number of ether oxygens (including phenoxy) is 1. The van der Waals surface area contributed by atoms with Crippen molar-refractivity contribution in [1.29, 1.82) is 0 Å². The van der Waals surface area contributed by atoms with Gasteiger partial charge in [-0.2, -0.15) is 0 Å². The van der Waals surface area contributed by atoms with Crippen LogP contribution in [-0.4, -0.2) is 28.2 Å². The number of anilines is 1. The van der Waals surface area contributed by atoms with Crippen molar-refractivity contribution in [3.63, 3.8) is 0 Å². The molecule has 5 nitrogen and oxygen atoms in total. The van der Waals surface area contributed by atoms with Gasteiger partial charge in [0.05, 0.1) is 5.56 Å². The Balaban J connectivity index is 1.60. The molecule has 0 saturated heterocycles. The number of benzene rings is 4. The highest BCUT2D eigenvalue weighted by molar-refractivity contribution is 6.06. The molecule has 3 heterocycles. The zero-order valence-electron chi connectivity index (χ0n) is 27.4. The van der Waals surface area contributed by atoms with Crippen molar-refractivity contribution in [2.75, 3.05) is 18.0 Å². The summed E-state index contributed by atoms with van der Waals surface area (Å²) < 4.78 is 11.3. The summed E-state index contributed by atoms with van der Waals surface area (Å²) in [5.41, 5.74) is 9.34. The summed E-state index contributed by atoms with van der Waals surface area (Å²) in [6.45, 7) is 14.5. The van der Waals surface area contributed by atoms with Crippen LogP contribution in [0.2, 0.25) is 0 Å². The van der Waals surface area contributed by atoms with Gasteiger partial charge in [0.1, 0.15) is 0 Å². The molecule has 7 rings (SSSR count). The number of nitrogens with zero attached hydrogens (tertiary/aromatic N) is 3. The molecule has 0 aliphatic carbocycles. The first-order valence-corrected chi connectivity index (χ1v) is 16.5. The lowest BCUT2D eigenvalue weighted by Crippen LogP contribution is -2.27. The minimum Gasteiger partial charge on any atom is -0.441 e. The van der Waals surface area contributed by atoms with E-state index < -0.39 is 5.60 Å². The lowest BCUT2D eigenvalue weighted by Gasteiger charge is -2.29. The third-order valence-electron chi connectivity index (χ3n) is 9.81. The van der Waals surface area contributed by atoms with Gasteiger partial charge in [0.15, 0.2) is 5.60 Å². The molecule has 0 fully saturated rings. The number of hydrogen-bond acceptors (Lipinski definition) is 3. The number of carbonyl (C=O) groups is 1. The topological polar surface area (TPSA) is 39.4 Å². The second-order valence-electron chi connectivity index (χ2n) is 12.0. The van der Waals surface area contributed by atoms with Crippen molar-refractivity contribution >= 4 is 39.0 Å². The van der Waals surface area contributed by atoms with Gasteiger partial charge in [0.25, 0.3) is 0 Å². The Bertz CT molecular complexity index is 2110. The smallest absolute Gasteiger partial charge is 0.340 e. The fourth-order valence-corrected chi connectivity index (χ4v) is 7.54. The predicted molar refractivity (Wildman–Crippen MR) is 190 cm³/mol. The molecule has 0 N–H and O–H groups in total. The average molecular weight is 608 g/mol.